The molecule has 78 valence electrons. The molecule has 2 aromatic heterocycles. The summed E-state index contributed by atoms with van der Waals surface area (Å²) >= 11 is 0. The summed E-state index contributed by atoms with van der Waals surface area (Å²) in [5, 5.41) is 6.77. The zero-order valence-electron chi connectivity index (χ0n) is 8.30. The second-order valence-corrected chi connectivity index (χ2v) is 3.22. The van der Waals surface area contributed by atoms with Crippen LogP contribution in [0.15, 0.2) is 35.4 Å². The molecule has 5 nitrogen and oxygen atoms in total. The minimum atomic E-state index is -0.146. The fourth-order valence-electron chi connectivity index (χ4n) is 1.24. The molecule has 0 saturated heterocycles. The molecule has 0 aromatic carbocycles. The fraction of sp³-hybridized carbons (Fsp3) is 0.200. The summed E-state index contributed by atoms with van der Waals surface area (Å²) < 4.78 is 6.51. The molecule has 0 aliphatic heterocycles. The molecule has 0 unspecified atom stereocenters. The van der Waals surface area contributed by atoms with Gasteiger partial charge in [0.1, 0.15) is 6.26 Å². The van der Waals surface area contributed by atoms with E-state index >= 15 is 0 Å². The van der Waals surface area contributed by atoms with Crippen molar-refractivity contribution >= 4 is 5.91 Å². The van der Waals surface area contributed by atoms with E-state index in [4.69, 9.17) is 4.42 Å². The Morgan fingerprint density at radius 1 is 1.67 bits per heavy atom. The maximum atomic E-state index is 11.5. The van der Waals surface area contributed by atoms with Gasteiger partial charge in [0.2, 0.25) is 0 Å². The number of nitrogens with zero attached hydrogens (tertiary/aromatic N) is 2. The summed E-state index contributed by atoms with van der Waals surface area (Å²) in [6, 6.07) is 1.62. The smallest absolute Gasteiger partial charge is 0.254 e. The van der Waals surface area contributed by atoms with Crippen molar-refractivity contribution in [3.63, 3.8) is 0 Å². The standard InChI is InChI=1S/C10H11N3O2/c1-13-6-8(5-12-13)4-11-10(14)9-2-3-15-7-9/h2-3,5-7H,4H2,1H3,(H,11,14). The summed E-state index contributed by atoms with van der Waals surface area (Å²) in [5.74, 6) is -0.146. The topological polar surface area (TPSA) is 60.1 Å². The van der Waals surface area contributed by atoms with E-state index in [1.54, 1.807) is 16.9 Å². The van der Waals surface area contributed by atoms with Crippen molar-refractivity contribution in [1.82, 2.24) is 15.1 Å². The van der Waals surface area contributed by atoms with E-state index in [1.807, 2.05) is 13.2 Å². The van der Waals surface area contributed by atoms with Gasteiger partial charge in [-0.1, -0.05) is 0 Å². The highest BCUT2D eigenvalue weighted by Crippen LogP contribution is 2.01. The number of rotatable bonds is 3. The summed E-state index contributed by atoms with van der Waals surface area (Å²) in [4.78, 5) is 11.5. The zero-order valence-corrected chi connectivity index (χ0v) is 8.30. The first-order valence-electron chi connectivity index (χ1n) is 4.53. The van der Waals surface area contributed by atoms with Crippen LogP contribution in [0.4, 0.5) is 0 Å². The van der Waals surface area contributed by atoms with Crippen molar-refractivity contribution < 1.29 is 9.21 Å². The lowest BCUT2D eigenvalue weighted by atomic mass is 10.3. The van der Waals surface area contributed by atoms with E-state index in [0.29, 0.717) is 12.1 Å². The quantitative estimate of drug-likeness (QED) is 0.811. The Labute approximate surface area is 86.7 Å². The van der Waals surface area contributed by atoms with Crippen molar-refractivity contribution in [2.75, 3.05) is 0 Å². The predicted octanol–water partition coefficient (Wildman–Crippen LogP) is 0.943. The molecule has 2 heterocycles. The molecule has 0 radical (unpaired) electrons. The maximum Gasteiger partial charge on any atom is 0.254 e. The minimum Gasteiger partial charge on any atom is -0.472 e. The lowest BCUT2D eigenvalue weighted by molar-refractivity contribution is 0.0950. The maximum absolute atomic E-state index is 11.5. The van der Waals surface area contributed by atoms with E-state index in [1.165, 1.54) is 12.5 Å². The molecule has 0 spiro atoms. The van der Waals surface area contributed by atoms with Gasteiger partial charge in [0.15, 0.2) is 0 Å². The van der Waals surface area contributed by atoms with Crippen LogP contribution in [-0.2, 0) is 13.6 Å². The Kier molecular flexibility index (Phi) is 2.53. The van der Waals surface area contributed by atoms with Gasteiger partial charge < -0.3 is 9.73 Å². The molecule has 0 atom stereocenters. The highest BCUT2D eigenvalue weighted by Gasteiger charge is 2.06. The molecule has 0 bridgehead atoms. The van der Waals surface area contributed by atoms with Crippen LogP contribution in [0.5, 0.6) is 0 Å². The van der Waals surface area contributed by atoms with E-state index in [9.17, 15) is 4.79 Å². The Bertz CT molecular complexity index is 445. The van der Waals surface area contributed by atoms with Gasteiger partial charge in [-0.25, -0.2) is 0 Å². The molecule has 0 aliphatic carbocycles. The Hall–Kier alpha value is -2.04. The van der Waals surface area contributed by atoms with Gasteiger partial charge in [-0.05, 0) is 6.07 Å². The summed E-state index contributed by atoms with van der Waals surface area (Å²) in [6.07, 6.45) is 6.46. The van der Waals surface area contributed by atoms with Gasteiger partial charge in [0.05, 0.1) is 18.0 Å². The van der Waals surface area contributed by atoms with Crippen LogP contribution in [0.3, 0.4) is 0 Å². The average Bonchev–Trinajstić information content (AvgIpc) is 2.84. The number of carbonyl (C=O) groups excluding carboxylic acids is 1. The first kappa shape index (κ1) is 9.51. The summed E-state index contributed by atoms with van der Waals surface area (Å²) in [6.45, 7) is 0.470. The van der Waals surface area contributed by atoms with Gasteiger partial charge in [0, 0.05) is 25.4 Å². The Morgan fingerprint density at radius 3 is 3.13 bits per heavy atom. The molecule has 0 aliphatic rings. The highest BCUT2D eigenvalue weighted by molar-refractivity contribution is 5.93. The van der Waals surface area contributed by atoms with Gasteiger partial charge in [0.25, 0.3) is 5.91 Å². The SMILES string of the molecule is Cn1cc(CNC(=O)c2ccoc2)cn1. The molecule has 0 fully saturated rings. The molecule has 5 heteroatoms. The molecular weight excluding hydrogens is 194 g/mol. The van der Waals surface area contributed by atoms with E-state index in [0.717, 1.165) is 5.56 Å². The van der Waals surface area contributed by atoms with Gasteiger partial charge >= 0.3 is 0 Å². The normalized spacial score (nSPS) is 10.2. The van der Waals surface area contributed by atoms with Gasteiger partial charge in [-0.3, -0.25) is 9.48 Å². The van der Waals surface area contributed by atoms with Crippen LogP contribution in [0.1, 0.15) is 15.9 Å². The third-order valence-corrected chi connectivity index (χ3v) is 1.99. The molecule has 2 aromatic rings. The van der Waals surface area contributed by atoms with Gasteiger partial charge in [-0.15, -0.1) is 0 Å². The number of furan rings is 1. The van der Waals surface area contributed by atoms with Crippen molar-refractivity contribution in [1.29, 1.82) is 0 Å². The second kappa shape index (κ2) is 4.00. The van der Waals surface area contributed by atoms with Crippen LogP contribution in [0, 0.1) is 0 Å². The predicted molar refractivity (Wildman–Crippen MR) is 53.1 cm³/mol. The van der Waals surface area contributed by atoms with Crippen molar-refractivity contribution in [2.24, 2.45) is 7.05 Å². The average molecular weight is 205 g/mol. The molecule has 0 saturated carbocycles. The van der Waals surface area contributed by atoms with Crippen LogP contribution in [0.25, 0.3) is 0 Å². The van der Waals surface area contributed by atoms with Crippen LogP contribution in [-0.4, -0.2) is 15.7 Å². The molecule has 1 amide bonds. The minimum absolute atomic E-state index is 0.146. The number of aromatic nitrogens is 2. The number of nitrogens with one attached hydrogen (secondary N) is 1. The number of aryl methyl sites for hydroxylation is 1. The third kappa shape index (κ3) is 2.25. The number of carbonyl (C=O) groups is 1. The lowest BCUT2D eigenvalue weighted by Crippen LogP contribution is -2.21. The van der Waals surface area contributed by atoms with Crippen LogP contribution < -0.4 is 5.32 Å². The Balaban J connectivity index is 1.91. The molecule has 1 N–H and O–H groups in total. The van der Waals surface area contributed by atoms with Gasteiger partial charge in [-0.2, -0.15) is 5.10 Å². The Morgan fingerprint density at radius 2 is 2.53 bits per heavy atom. The first-order valence-corrected chi connectivity index (χ1v) is 4.53. The second-order valence-electron chi connectivity index (χ2n) is 3.22. The third-order valence-electron chi connectivity index (χ3n) is 1.99. The number of hydrogen-bond acceptors (Lipinski definition) is 3. The van der Waals surface area contributed by atoms with E-state index < -0.39 is 0 Å². The van der Waals surface area contributed by atoms with Crippen molar-refractivity contribution in [2.45, 2.75) is 6.54 Å². The lowest BCUT2D eigenvalue weighted by Gasteiger charge is -1.99. The van der Waals surface area contributed by atoms with Crippen LogP contribution in [0.2, 0.25) is 0 Å². The largest absolute Gasteiger partial charge is 0.472 e. The summed E-state index contributed by atoms with van der Waals surface area (Å²) in [5.41, 5.74) is 1.49. The van der Waals surface area contributed by atoms with E-state index in [-0.39, 0.29) is 5.91 Å². The molecule has 15 heavy (non-hydrogen) atoms. The highest BCUT2D eigenvalue weighted by atomic mass is 16.3. The van der Waals surface area contributed by atoms with Crippen molar-refractivity contribution in [3.05, 3.63) is 42.1 Å². The first-order chi connectivity index (χ1) is 7.25. The zero-order chi connectivity index (χ0) is 10.7. The fourth-order valence-corrected chi connectivity index (χ4v) is 1.24. The monoisotopic (exact) mass is 205 g/mol. The van der Waals surface area contributed by atoms with Crippen LogP contribution >= 0.6 is 0 Å². The summed E-state index contributed by atoms with van der Waals surface area (Å²) in [7, 11) is 1.83. The molecule has 2 rings (SSSR count). The number of amides is 1. The van der Waals surface area contributed by atoms with Crippen molar-refractivity contribution in [3.8, 4) is 0 Å². The molecular formula is C10H11N3O2. The van der Waals surface area contributed by atoms with E-state index in [2.05, 4.69) is 10.4 Å². The number of hydrogen-bond donors (Lipinski definition) is 1.